The third-order valence-electron chi connectivity index (χ3n) is 0.837. The van der Waals surface area contributed by atoms with E-state index in [1.165, 1.54) is 0 Å². The Bertz CT molecular complexity index is 101. The van der Waals surface area contributed by atoms with E-state index in [1.54, 1.807) is 13.8 Å². The Hall–Kier alpha value is -0.590. The van der Waals surface area contributed by atoms with E-state index in [1.807, 2.05) is 0 Å². The SMILES string of the molecule is C=C(C)/C(C)=C/F. The molecule has 0 N–H and O–H groups in total. The number of allylic oxidation sites excluding steroid dienone is 2. The van der Waals surface area contributed by atoms with Gasteiger partial charge in [-0.05, 0) is 19.4 Å². The second-order valence-corrected chi connectivity index (χ2v) is 1.57. The summed E-state index contributed by atoms with van der Waals surface area (Å²) < 4.78 is 11.4. The third kappa shape index (κ3) is 2.15. The van der Waals surface area contributed by atoms with Gasteiger partial charge < -0.3 is 0 Å². The highest BCUT2D eigenvalue weighted by molar-refractivity contribution is 5.21. The Morgan fingerprint density at radius 1 is 1.57 bits per heavy atom. The van der Waals surface area contributed by atoms with Crippen LogP contribution in [0.1, 0.15) is 13.8 Å². The lowest BCUT2D eigenvalue weighted by Gasteiger charge is -1.89. The summed E-state index contributed by atoms with van der Waals surface area (Å²) in [5.74, 6) is 0. The average molecular weight is 100 g/mol. The number of hydrogen-bond donors (Lipinski definition) is 0. The van der Waals surface area contributed by atoms with Crippen LogP contribution >= 0.6 is 0 Å². The molecule has 0 amide bonds. The second-order valence-electron chi connectivity index (χ2n) is 1.57. The Labute approximate surface area is 43.4 Å². The Kier molecular flexibility index (Phi) is 2.34. The molecule has 0 nitrogen and oxygen atoms in total. The maximum Gasteiger partial charge on any atom is 0.0898 e. The highest BCUT2D eigenvalue weighted by Gasteiger charge is 1.83. The molecule has 0 bridgehead atoms. The van der Waals surface area contributed by atoms with E-state index in [9.17, 15) is 4.39 Å². The van der Waals surface area contributed by atoms with Crippen LogP contribution in [-0.2, 0) is 0 Å². The molecular formula is C6H9F. The summed E-state index contributed by atoms with van der Waals surface area (Å²) >= 11 is 0. The molecule has 0 heterocycles. The van der Waals surface area contributed by atoms with Gasteiger partial charge in [0.2, 0.25) is 0 Å². The highest BCUT2D eigenvalue weighted by Crippen LogP contribution is 2.03. The smallest absolute Gasteiger partial charge is 0.0898 e. The minimum absolute atomic E-state index is 0.558. The van der Waals surface area contributed by atoms with Crippen LogP contribution in [0.4, 0.5) is 4.39 Å². The molecule has 40 valence electrons. The van der Waals surface area contributed by atoms with E-state index in [0.29, 0.717) is 11.9 Å². The standard InChI is InChI=1S/C6H9F/c1-5(2)6(3)4-7/h4H,1H2,2-3H3/b6-4+. The highest BCUT2D eigenvalue weighted by atomic mass is 19.1. The van der Waals surface area contributed by atoms with Crippen LogP contribution in [0.2, 0.25) is 0 Å². The molecule has 0 radical (unpaired) electrons. The Morgan fingerprint density at radius 2 is 2.00 bits per heavy atom. The third-order valence-corrected chi connectivity index (χ3v) is 0.837. The zero-order valence-corrected chi connectivity index (χ0v) is 4.66. The fourth-order valence-corrected chi connectivity index (χ4v) is 0.0931. The lowest BCUT2D eigenvalue weighted by Crippen LogP contribution is -1.70. The van der Waals surface area contributed by atoms with Crippen LogP contribution in [0.3, 0.4) is 0 Å². The van der Waals surface area contributed by atoms with Crippen LogP contribution in [-0.4, -0.2) is 0 Å². The molecule has 1 heteroatoms. The van der Waals surface area contributed by atoms with Crippen molar-refractivity contribution >= 4 is 0 Å². The van der Waals surface area contributed by atoms with Gasteiger partial charge in [-0.15, -0.1) is 0 Å². The molecule has 0 aromatic heterocycles. The van der Waals surface area contributed by atoms with Gasteiger partial charge in [-0.1, -0.05) is 12.2 Å². The van der Waals surface area contributed by atoms with Gasteiger partial charge in [0, 0.05) is 0 Å². The van der Waals surface area contributed by atoms with Gasteiger partial charge in [0.05, 0.1) is 6.33 Å². The minimum atomic E-state index is 0.558. The van der Waals surface area contributed by atoms with Gasteiger partial charge in [0.15, 0.2) is 0 Å². The van der Waals surface area contributed by atoms with Gasteiger partial charge in [-0.25, -0.2) is 4.39 Å². The molecule has 0 rings (SSSR count). The van der Waals surface area contributed by atoms with Gasteiger partial charge in [0.25, 0.3) is 0 Å². The van der Waals surface area contributed by atoms with Gasteiger partial charge in [0.1, 0.15) is 0 Å². The molecule has 0 spiro atoms. The summed E-state index contributed by atoms with van der Waals surface area (Å²) in [6, 6.07) is 0. The van der Waals surface area contributed by atoms with Crippen LogP contribution < -0.4 is 0 Å². The van der Waals surface area contributed by atoms with Gasteiger partial charge in [-0.3, -0.25) is 0 Å². The van der Waals surface area contributed by atoms with Crippen molar-refractivity contribution < 1.29 is 4.39 Å². The molecule has 0 aliphatic carbocycles. The normalized spacial score (nSPS) is 11.6. The molecule has 0 aliphatic heterocycles. The first kappa shape index (κ1) is 6.41. The topological polar surface area (TPSA) is 0 Å². The fourth-order valence-electron chi connectivity index (χ4n) is 0.0931. The molecule has 0 atom stereocenters. The van der Waals surface area contributed by atoms with Crippen molar-refractivity contribution in [1.82, 2.24) is 0 Å². The maximum atomic E-state index is 11.4. The van der Waals surface area contributed by atoms with Crippen LogP contribution in [0.15, 0.2) is 24.1 Å². The summed E-state index contributed by atoms with van der Waals surface area (Å²) in [6.45, 7) is 6.97. The minimum Gasteiger partial charge on any atom is -0.215 e. The van der Waals surface area contributed by atoms with E-state index in [0.717, 1.165) is 5.57 Å². The molecule has 0 aromatic rings. The van der Waals surface area contributed by atoms with E-state index in [4.69, 9.17) is 0 Å². The first-order valence-electron chi connectivity index (χ1n) is 2.11. The van der Waals surface area contributed by atoms with Crippen molar-refractivity contribution in [3.63, 3.8) is 0 Å². The maximum absolute atomic E-state index is 11.4. The van der Waals surface area contributed by atoms with E-state index >= 15 is 0 Å². The van der Waals surface area contributed by atoms with Crippen LogP contribution in [0.5, 0.6) is 0 Å². The first-order valence-corrected chi connectivity index (χ1v) is 2.11. The van der Waals surface area contributed by atoms with Crippen molar-refractivity contribution in [1.29, 1.82) is 0 Å². The molecular weight excluding hydrogens is 91.1 g/mol. The molecule has 0 aromatic carbocycles. The van der Waals surface area contributed by atoms with Crippen molar-refractivity contribution in [2.24, 2.45) is 0 Å². The van der Waals surface area contributed by atoms with E-state index < -0.39 is 0 Å². The fraction of sp³-hybridized carbons (Fsp3) is 0.333. The summed E-state index contributed by atoms with van der Waals surface area (Å²) in [4.78, 5) is 0. The van der Waals surface area contributed by atoms with Gasteiger partial charge >= 0.3 is 0 Å². The van der Waals surface area contributed by atoms with Crippen molar-refractivity contribution in [2.45, 2.75) is 13.8 Å². The summed E-state index contributed by atoms with van der Waals surface area (Å²) in [7, 11) is 0. The van der Waals surface area contributed by atoms with E-state index in [2.05, 4.69) is 6.58 Å². The summed E-state index contributed by atoms with van der Waals surface area (Å²) in [5, 5.41) is 0. The predicted molar refractivity (Wildman–Crippen MR) is 29.7 cm³/mol. The molecule has 7 heavy (non-hydrogen) atoms. The second kappa shape index (κ2) is 2.56. The average Bonchev–Trinajstić information content (AvgIpc) is 1.65. The van der Waals surface area contributed by atoms with Crippen molar-refractivity contribution in [2.75, 3.05) is 0 Å². The summed E-state index contributed by atoms with van der Waals surface area (Å²) in [5.41, 5.74) is 1.39. The lowest BCUT2D eigenvalue weighted by molar-refractivity contribution is 0.711. The zero-order valence-electron chi connectivity index (χ0n) is 4.66. The monoisotopic (exact) mass is 100 g/mol. The van der Waals surface area contributed by atoms with Gasteiger partial charge in [-0.2, -0.15) is 0 Å². The molecule has 0 fully saturated rings. The largest absolute Gasteiger partial charge is 0.215 e. The van der Waals surface area contributed by atoms with Crippen molar-refractivity contribution in [3.05, 3.63) is 24.1 Å². The lowest BCUT2D eigenvalue weighted by atomic mass is 10.2. The number of rotatable bonds is 1. The quantitative estimate of drug-likeness (QED) is 0.444. The Morgan fingerprint density at radius 3 is 2.00 bits per heavy atom. The van der Waals surface area contributed by atoms with Crippen LogP contribution in [0, 0.1) is 0 Å². The number of halogens is 1. The Balaban J connectivity index is 3.82. The van der Waals surface area contributed by atoms with E-state index in [-0.39, 0.29) is 0 Å². The number of hydrogen-bond acceptors (Lipinski definition) is 0. The predicted octanol–water partition coefficient (Wildman–Crippen LogP) is 2.44. The molecule has 0 saturated carbocycles. The van der Waals surface area contributed by atoms with Crippen molar-refractivity contribution in [3.8, 4) is 0 Å². The molecule has 0 unspecified atom stereocenters. The molecule has 0 saturated heterocycles. The first-order chi connectivity index (χ1) is 3.18. The summed E-state index contributed by atoms with van der Waals surface area (Å²) in [6.07, 6.45) is 0.558. The molecule has 0 aliphatic rings. The zero-order chi connectivity index (χ0) is 5.86. The van der Waals surface area contributed by atoms with Crippen LogP contribution in [0.25, 0.3) is 0 Å².